The summed E-state index contributed by atoms with van der Waals surface area (Å²) in [6.07, 6.45) is -2.03. The minimum absolute atomic E-state index is 0.0427. The fraction of sp³-hybridized carbons (Fsp3) is 0.475. The molecule has 0 spiro atoms. The zero-order chi connectivity index (χ0) is 69.9. The van der Waals surface area contributed by atoms with Crippen molar-refractivity contribution in [2.75, 3.05) is 18.8 Å². The van der Waals surface area contributed by atoms with Crippen LogP contribution in [0.15, 0.2) is 81.2 Å². The van der Waals surface area contributed by atoms with Gasteiger partial charge in [0.1, 0.15) is 18.1 Å². The number of aliphatic carboxylic acids is 3. The number of likely N-dealkylation sites (tertiary alicyclic amines) is 1. The maximum atomic E-state index is 15.3. The number of amides is 10. The fourth-order valence-electron chi connectivity index (χ4n) is 9.80. The van der Waals surface area contributed by atoms with Crippen molar-refractivity contribution in [2.24, 2.45) is 28.2 Å². The van der Waals surface area contributed by atoms with Gasteiger partial charge in [-0.25, -0.2) is 9.78 Å². The first-order valence-corrected chi connectivity index (χ1v) is 34.1. The number of hydrogen-bond donors (Lipinski definition) is 14. The predicted molar refractivity (Wildman–Crippen MR) is 345 cm³/mol. The van der Waals surface area contributed by atoms with E-state index < -0.39 is 196 Å². The summed E-state index contributed by atoms with van der Waals surface area (Å²) in [4.78, 5) is 199. The van der Waals surface area contributed by atoms with Gasteiger partial charge in [0, 0.05) is 31.2 Å². The van der Waals surface area contributed by atoms with E-state index in [2.05, 4.69) is 57.2 Å². The molecule has 3 aromatic rings. The van der Waals surface area contributed by atoms with Gasteiger partial charge in [-0.05, 0) is 24.3 Å². The van der Waals surface area contributed by atoms with Gasteiger partial charge < -0.3 is 47.7 Å². The molecule has 0 unspecified atom stereocenters. The van der Waals surface area contributed by atoms with Gasteiger partial charge in [-0.15, -0.1) is 0 Å². The Morgan fingerprint density at radius 3 is 1.85 bits per heavy atom. The van der Waals surface area contributed by atoms with Gasteiger partial charge in [0.2, 0.25) is 23.6 Å². The summed E-state index contributed by atoms with van der Waals surface area (Å²) in [6, 6.07) is 0.311. The van der Waals surface area contributed by atoms with E-state index in [-0.39, 0.29) is 75.4 Å². The number of H-pyrrole nitrogens is 1. The van der Waals surface area contributed by atoms with Crippen LogP contribution in [0.25, 0.3) is 10.4 Å². The van der Waals surface area contributed by atoms with Crippen LogP contribution in [0.1, 0.15) is 106 Å². The monoisotopic (exact) mass is 1460 g/mol. The van der Waals surface area contributed by atoms with E-state index >= 15 is 4.79 Å². The van der Waals surface area contributed by atoms with Crippen molar-refractivity contribution in [2.45, 2.75) is 152 Å². The summed E-state index contributed by atoms with van der Waals surface area (Å²) in [7, 11) is 0. The fourth-order valence-corrected chi connectivity index (χ4v) is 15.6. The van der Waals surface area contributed by atoms with Crippen LogP contribution < -0.4 is 54.4 Å². The molecule has 10 amide bonds. The number of azide groups is 1. The second kappa shape index (κ2) is 37.9. The van der Waals surface area contributed by atoms with Crippen LogP contribution in [-0.4, -0.2) is 186 Å². The Hall–Kier alpha value is -9.68. The number of aromatic nitrogens is 2. The molecule has 1 fully saturated rings. The van der Waals surface area contributed by atoms with Crippen LogP contribution in [0.3, 0.4) is 0 Å². The summed E-state index contributed by atoms with van der Waals surface area (Å²) in [5.41, 5.74) is 27.3. The molecule has 514 valence electrons. The summed E-state index contributed by atoms with van der Waals surface area (Å²) in [5, 5.41) is 50.0. The van der Waals surface area contributed by atoms with Crippen LogP contribution in [-0.2, 0) is 78.2 Å². The average Bonchev–Trinajstić information content (AvgIpc) is 1.71. The molecule has 9 atom stereocenters. The number of halogens is 1. The normalized spacial score (nSPS) is 16.3. The number of nitrogens with zero attached hydrogens (tertiary/aromatic N) is 5. The number of nitrogens with two attached hydrogens (primary N) is 3. The topological polar surface area (TPSA) is 552 Å². The molecule has 1 aromatic heterocycles. The summed E-state index contributed by atoms with van der Waals surface area (Å²) < 4.78 is 8.17. The van der Waals surface area contributed by atoms with E-state index in [1.54, 1.807) is 58.7 Å². The third-order valence-electron chi connectivity index (χ3n) is 14.6. The first kappa shape index (κ1) is 76.0. The zero-order valence-corrected chi connectivity index (χ0v) is 54.7. The number of nitrogens with one attached hydrogen (secondary N) is 8. The Bertz CT molecular complexity index is 3370. The number of benzene rings is 2. The van der Waals surface area contributed by atoms with E-state index in [0.717, 1.165) is 16.7 Å². The van der Waals surface area contributed by atoms with Crippen molar-refractivity contribution in [3.63, 3.8) is 0 Å². The molecule has 17 N–H and O–H groups in total. The Morgan fingerprint density at radius 2 is 1.28 bits per heavy atom. The third-order valence-corrected chi connectivity index (χ3v) is 20.5. The standard InChI is InChI=1S/C59H77IN16O18S/c1-31(2)23-37(61)50(83)68-38(14-17-46(62)77)51(84)69-39(15-18-47(63)78)53(86)74-44(29-95-34(20-21-67-75-64)27-60-36-12-7-6-11-35(36)59(93)94-60)57(90)76-22-8-13-45(76)56(89)72-41(24-32-9-4-3-5-10-32)54(87)70-40(16-19-48(79)80)52(85)71-42(26-49(81)82)55(88)73-43(58(91)92)25-33-28-65-30-66-33/h3-7,9-12,27-28,30-31,37-45H,8,13-26,29,61H2,1-2H3,(H2,62,77)(H2,63,78)(H,65,66)(H,68,83)(H,69,84)(H,70,87)(H,71,85)(H,72,89)(H,73,88)(H,74,86)(H,79,80)(H,81,82)(H,91,92)/b34-27+/t37-,38-,39-,40-,41-,42-,43-,44-,45-/m0/s1. The van der Waals surface area contributed by atoms with Crippen LogP contribution in [0.5, 0.6) is 0 Å². The van der Waals surface area contributed by atoms with E-state index in [0.29, 0.717) is 19.6 Å². The number of thioether (sulfide) groups is 1. The molecule has 2 aromatic carbocycles. The van der Waals surface area contributed by atoms with Gasteiger partial charge in [0.25, 0.3) is 0 Å². The number of carbonyl (C=O) groups excluding carboxylic acids is 11. The van der Waals surface area contributed by atoms with E-state index in [1.807, 2.05) is 13.8 Å². The molecule has 0 aliphatic carbocycles. The molecule has 0 radical (unpaired) electrons. The quantitative estimate of drug-likeness (QED) is 0.0150. The molecule has 36 heteroatoms. The molecule has 2 aliphatic heterocycles. The number of hydrogen-bond acceptors (Lipinski definition) is 19. The summed E-state index contributed by atoms with van der Waals surface area (Å²) in [5.74, 6) is -15.7. The van der Waals surface area contributed by atoms with Gasteiger partial charge in [-0.3, -0.25) is 33.6 Å². The molecule has 3 heterocycles. The van der Waals surface area contributed by atoms with Crippen LogP contribution in [0, 0.1) is 9.49 Å². The van der Waals surface area contributed by atoms with E-state index in [9.17, 15) is 83.2 Å². The number of carboxylic acids is 3. The van der Waals surface area contributed by atoms with Crippen LogP contribution >= 0.6 is 32.0 Å². The number of carbonyl (C=O) groups is 14. The van der Waals surface area contributed by atoms with Crippen molar-refractivity contribution in [1.82, 2.24) is 52.1 Å². The third kappa shape index (κ3) is 25.0. The van der Waals surface area contributed by atoms with E-state index in [1.165, 1.54) is 12.5 Å². The smallest absolute Gasteiger partial charge is 0.481 e. The number of carboxylic acid groups (broad SMARTS) is 3. The Morgan fingerprint density at radius 1 is 0.726 bits per heavy atom. The molecule has 5 rings (SSSR count). The zero-order valence-electron chi connectivity index (χ0n) is 51.7. The predicted octanol–water partition coefficient (Wildman–Crippen LogP) is -0.355. The van der Waals surface area contributed by atoms with Crippen molar-refractivity contribution in [1.29, 1.82) is 0 Å². The molecule has 1 saturated heterocycles. The number of aromatic amines is 1. The SMILES string of the molecule is CC(C)C[C@H](N)C(=O)N[C@@H](CCC(N)=O)C(=O)N[C@@H](CCC(N)=O)C(=O)N[C@@H](CS/C(=C/I1OC(=O)c2ccccc21)CCN=[N+]=[N-])C(=O)N1CCC[C@H]1C(=O)N[C@@H](Cc1ccccc1)C(=O)N[C@@H](CCC(=O)O)C(=O)N[C@@H](CC(=O)O)C(=O)N[C@@H](Cc1cnc[nH]1)C(=O)O. The molecule has 95 heavy (non-hydrogen) atoms. The van der Waals surface area contributed by atoms with Gasteiger partial charge in [-0.1, -0.05) is 44.2 Å². The van der Waals surface area contributed by atoms with Gasteiger partial charge >= 0.3 is 307 Å². The molecular formula is C59H77IN16O18S. The van der Waals surface area contributed by atoms with Crippen LogP contribution in [0.2, 0.25) is 0 Å². The van der Waals surface area contributed by atoms with Crippen LogP contribution in [0.4, 0.5) is 0 Å². The second-order valence-corrected chi connectivity index (χ2v) is 27.4. The van der Waals surface area contributed by atoms with Gasteiger partial charge in [-0.2, -0.15) is 0 Å². The number of rotatable bonds is 40. The Balaban J connectivity index is 1.49. The van der Waals surface area contributed by atoms with Gasteiger partial charge in [0.15, 0.2) is 0 Å². The maximum absolute atomic E-state index is 15.3. The number of primary amides is 2. The molecule has 0 saturated carbocycles. The summed E-state index contributed by atoms with van der Waals surface area (Å²) >= 11 is -1.94. The molecule has 2 aliphatic rings. The summed E-state index contributed by atoms with van der Waals surface area (Å²) in [6.45, 7) is 3.37. The average molecular weight is 1460 g/mol. The van der Waals surface area contributed by atoms with Crippen molar-refractivity contribution in [3.05, 3.63) is 107 Å². The Kier molecular flexibility index (Phi) is 30.3. The van der Waals surface area contributed by atoms with E-state index in [4.69, 9.17) is 20.3 Å². The first-order valence-electron chi connectivity index (χ1n) is 29.9. The second-order valence-electron chi connectivity index (χ2n) is 22.4. The number of fused-ring (bicyclic) bond motifs is 1. The molecule has 0 bridgehead atoms. The van der Waals surface area contributed by atoms with Gasteiger partial charge in [0.05, 0.1) is 18.8 Å². The van der Waals surface area contributed by atoms with Crippen molar-refractivity contribution < 1.29 is 85.5 Å². The molecular weight excluding hydrogens is 1380 g/mol. The first-order chi connectivity index (χ1) is 45.1. The Labute approximate surface area is 555 Å². The van der Waals surface area contributed by atoms with Crippen molar-refractivity contribution >= 4 is 115 Å². The van der Waals surface area contributed by atoms with Crippen molar-refractivity contribution in [3.8, 4) is 0 Å². The minimum Gasteiger partial charge on any atom is -0.481 e. The number of imidazole rings is 1. The minimum atomic E-state index is -2.94. The molecule has 34 nitrogen and oxygen atoms in total.